The number of halogens is 4. The number of ether oxygens (including phenoxy) is 1. The Hall–Kier alpha value is -4.87. The zero-order valence-corrected chi connectivity index (χ0v) is 22.1. The van der Waals surface area contributed by atoms with E-state index >= 15 is 0 Å². The van der Waals surface area contributed by atoms with Gasteiger partial charge in [-0.05, 0) is 79.1 Å². The molecular formula is C30H26F4N4O4. The minimum atomic E-state index is -4.85. The number of phenolic OH excluding ortho intramolecular Hbond substituents is 1. The number of hydrogen-bond acceptors (Lipinski definition) is 5. The first kappa shape index (κ1) is 28.7. The zero-order valence-electron chi connectivity index (χ0n) is 22.1. The molecule has 0 unspecified atom stereocenters. The molecule has 12 heteroatoms. The predicted molar refractivity (Wildman–Crippen MR) is 146 cm³/mol. The number of aromatic hydroxyl groups is 1. The molecule has 3 N–H and O–H groups in total. The number of anilines is 1. The minimum Gasteiger partial charge on any atom is -0.507 e. The zero-order chi connectivity index (χ0) is 29.9. The molecule has 0 atom stereocenters. The lowest BCUT2D eigenvalue weighted by Gasteiger charge is -2.12. The summed E-state index contributed by atoms with van der Waals surface area (Å²) >= 11 is 0. The second-order valence-corrected chi connectivity index (χ2v) is 9.89. The average molecular weight is 583 g/mol. The molecule has 1 aliphatic rings. The number of amides is 2. The third kappa shape index (κ3) is 6.88. The van der Waals surface area contributed by atoms with Gasteiger partial charge in [0.1, 0.15) is 17.3 Å². The van der Waals surface area contributed by atoms with Crippen molar-refractivity contribution in [2.45, 2.75) is 44.5 Å². The Morgan fingerprint density at radius 2 is 1.74 bits per heavy atom. The van der Waals surface area contributed by atoms with Crippen molar-refractivity contribution in [2.75, 3.05) is 5.32 Å². The van der Waals surface area contributed by atoms with E-state index in [1.807, 2.05) is 0 Å². The van der Waals surface area contributed by atoms with E-state index in [4.69, 9.17) is 0 Å². The lowest BCUT2D eigenvalue weighted by atomic mass is 10.0. The third-order valence-electron chi connectivity index (χ3n) is 6.92. The van der Waals surface area contributed by atoms with Gasteiger partial charge in [-0.25, -0.2) is 9.18 Å². The maximum atomic E-state index is 13.6. The first-order chi connectivity index (χ1) is 20.1. The molecule has 1 aliphatic carbocycles. The maximum Gasteiger partial charge on any atom is 0.573 e. The summed E-state index contributed by atoms with van der Waals surface area (Å²) < 4.78 is 55.9. The standard InChI is InChI=1S/C30H26F4N4O4/c31-21-7-3-4-18(14-21)17-35-29(41)38-26(19-5-1-2-6-19)16-25(37-38)24-15-22(10-13-27(24)39)36-28(40)20-8-11-23(12-9-20)42-30(32,33)34/h3-4,7-16,19,39H,1-2,5-6,17H2,(H,35,41)(H,36,40). The molecule has 1 fully saturated rings. The molecule has 1 saturated carbocycles. The molecular weight excluding hydrogens is 556 g/mol. The van der Waals surface area contributed by atoms with Crippen LogP contribution in [0.3, 0.4) is 0 Å². The van der Waals surface area contributed by atoms with Gasteiger partial charge in [-0.2, -0.15) is 9.78 Å². The van der Waals surface area contributed by atoms with Crippen molar-refractivity contribution < 1.29 is 37.0 Å². The van der Waals surface area contributed by atoms with Gasteiger partial charge in [-0.1, -0.05) is 25.0 Å². The van der Waals surface area contributed by atoms with Crippen molar-refractivity contribution in [3.05, 3.63) is 95.4 Å². The van der Waals surface area contributed by atoms with Crippen LogP contribution in [0, 0.1) is 5.82 Å². The minimum absolute atomic E-state index is 0.0838. The molecule has 1 heterocycles. The molecule has 2 amide bonds. The normalized spacial score (nSPS) is 13.6. The van der Waals surface area contributed by atoms with Crippen molar-refractivity contribution in [1.82, 2.24) is 15.1 Å². The van der Waals surface area contributed by atoms with E-state index in [-0.39, 0.29) is 35.0 Å². The van der Waals surface area contributed by atoms with Crippen molar-refractivity contribution in [3.8, 4) is 22.8 Å². The second kappa shape index (κ2) is 11.9. The van der Waals surface area contributed by atoms with E-state index < -0.39 is 29.9 Å². The molecule has 0 bridgehead atoms. The lowest BCUT2D eigenvalue weighted by Crippen LogP contribution is -2.30. The molecule has 1 aromatic heterocycles. The largest absolute Gasteiger partial charge is 0.573 e. The Morgan fingerprint density at radius 3 is 2.43 bits per heavy atom. The number of phenols is 1. The third-order valence-corrected chi connectivity index (χ3v) is 6.92. The Labute approximate surface area is 237 Å². The van der Waals surface area contributed by atoms with Gasteiger partial charge in [0.25, 0.3) is 5.91 Å². The maximum absolute atomic E-state index is 13.6. The quantitative estimate of drug-likeness (QED) is 0.161. The van der Waals surface area contributed by atoms with Gasteiger partial charge in [-0.15, -0.1) is 13.2 Å². The fourth-order valence-electron chi connectivity index (χ4n) is 4.93. The van der Waals surface area contributed by atoms with E-state index in [1.165, 1.54) is 47.1 Å². The number of benzene rings is 3. The number of nitrogens with one attached hydrogen (secondary N) is 2. The van der Waals surface area contributed by atoms with E-state index in [9.17, 15) is 32.3 Å². The smallest absolute Gasteiger partial charge is 0.507 e. The highest BCUT2D eigenvalue weighted by Gasteiger charge is 2.31. The summed E-state index contributed by atoms with van der Waals surface area (Å²) in [6.07, 6.45) is -1.09. The van der Waals surface area contributed by atoms with Crippen LogP contribution in [-0.4, -0.2) is 33.2 Å². The molecule has 0 aliphatic heterocycles. The average Bonchev–Trinajstić information content (AvgIpc) is 3.63. The van der Waals surface area contributed by atoms with Crippen molar-refractivity contribution >= 4 is 17.6 Å². The number of nitrogens with zero attached hydrogens (tertiary/aromatic N) is 2. The Kier molecular flexibility index (Phi) is 8.14. The number of alkyl halides is 3. The van der Waals surface area contributed by atoms with Crippen LogP contribution in [0.4, 0.5) is 28.0 Å². The summed E-state index contributed by atoms with van der Waals surface area (Å²) in [5.74, 6) is -1.52. The van der Waals surface area contributed by atoms with Crippen LogP contribution in [0.1, 0.15) is 53.2 Å². The topological polar surface area (TPSA) is 105 Å². The van der Waals surface area contributed by atoms with Crippen LogP contribution in [0.2, 0.25) is 0 Å². The van der Waals surface area contributed by atoms with Crippen molar-refractivity contribution in [2.24, 2.45) is 0 Å². The fraction of sp³-hybridized carbons (Fsp3) is 0.233. The molecule has 0 saturated heterocycles. The summed E-state index contributed by atoms with van der Waals surface area (Å²) in [7, 11) is 0. The van der Waals surface area contributed by atoms with Crippen LogP contribution < -0.4 is 15.4 Å². The Bertz CT molecular complexity index is 1600. The summed E-state index contributed by atoms with van der Waals surface area (Å²) in [5.41, 5.74) is 2.20. The van der Waals surface area contributed by atoms with Crippen LogP contribution in [-0.2, 0) is 6.54 Å². The highest BCUT2D eigenvalue weighted by Crippen LogP contribution is 2.38. The molecule has 0 radical (unpaired) electrons. The number of rotatable bonds is 7. The van der Waals surface area contributed by atoms with Crippen molar-refractivity contribution in [3.63, 3.8) is 0 Å². The van der Waals surface area contributed by atoms with E-state index in [0.717, 1.165) is 37.8 Å². The lowest BCUT2D eigenvalue weighted by molar-refractivity contribution is -0.274. The summed E-state index contributed by atoms with van der Waals surface area (Å²) in [5, 5.41) is 20.5. The fourth-order valence-corrected chi connectivity index (χ4v) is 4.93. The molecule has 5 rings (SSSR count). The van der Waals surface area contributed by atoms with E-state index in [1.54, 1.807) is 18.2 Å². The van der Waals surface area contributed by atoms with Gasteiger partial charge in [0.05, 0.1) is 11.4 Å². The molecule has 8 nitrogen and oxygen atoms in total. The van der Waals surface area contributed by atoms with Crippen LogP contribution in [0.15, 0.2) is 72.8 Å². The van der Waals surface area contributed by atoms with Gasteiger partial charge in [-0.3, -0.25) is 4.79 Å². The van der Waals surface area contributed by atoms with Crippen molar-refractivity contribution in [1.29, 1.82) is 0 Å². The van der Waals surface area contributed by atoms with Crippen LogP contribution in [0.5, 0.6) is 11.5 Å². The van der Waals surface area contributed by atoms with E-state index in [0.29, 0.717) is 17.0 Å². The van der Waals surface area contributed by atoms with E-state index in [2.05, 4.69) is 20.5 Å². The highest BCUT2D eigenvalue weighted by atomic mass is 19.4. The molecule has 42 heavy (non-hydrogen) atoms. The van der Waals surface area contributed by atoms with Gasteiger partial charge < -0.3 is 20.5 Å². The van der Waals surface area contributed by atoms with Gasteiger partial charge in [0, 0.05) is 29.3 Å². The highest BCUT2D eigenvalue weighted by molar-refractivity contribution is 6.04. The van der Waals surface area contributed by atoms with Crippen LogP contribution >= 0.6 is 0 Å². The summed E-state index contributed by atoms with van der Waals surface area (Å²) in [4.78, 5) is 25.9. The summed E-state index contributed by atoms with van der Waals surface area (Å²) in [6, 6.07) is 15.9. The van der Waals surface area contributed by atoms with Crippen LogP contribution in [0.25, 0.3) is 11.3 Å². The first-order valence-electron chi connectivity index (χ1n) is 13.2. The SMILES string of the molecule is O=C(Nc1ccc(O)c(-c2cc(C3CCCC3)n(C(=O)NCc3cccc(F)c3)n2)c1)c1ccc(OC(F)(F)F)cc1. The molecule has 218 valence electrons. The number of hydrogen-bond donors (Lipinski definition) is 3. The molecule has 3 aromatic carbocycles. The molecule has 0 spiro atoms. The number of aromatic nitrogens is 2. The monoisotopic (exact) mass is 582 g/mol. The Morgan fingerprint density at radius 1 is 1.00 bits per heavy atom. The summed E-state index contributed by atoms with van der Waals surface area (Å²) in [6.45, 7) is 0.0893. The van der Waals surface area contributed by atoms with Gasteiger partial charge >= 0.3 is 12.4 Å². The Balaban J connectivity index is 1.37. The first-order valence-corrected chi connectivity index (χ1v) is 13.2. The molecule has 4 aromatic rings. The van der Waals surface area contributed by atoms with Gasteiger partial charge in [0.2, 0.25) is 0 Å². The predicted octanol–water partition coefficient (Wildman–Crippen LogP) is 6.96. The number of carbonyl (C=O) groups excluding carboxylic acids is 2. The van der Waals surface area contributed by atoms with Gasteiger partial charge in [0.15, 0.2) is 0 Å². The second-order valence-electron chi connectivity index (χ2n) is 9.89. The number of carbonyl (C=O) groups is 2.